The zero-order chi connectivity index (χ0) is 22.3. The summed E-state index contributed by atoms with van der Waals surface area (Å²) in [5.41, 5.74) is 2.07. The van der Waals surface area contributed by atoms with Crippen molar-refractivity contribution in [3.63, 3.8) is 0 Å². The lowest BCUT2D eigenvalue weighted by Crippen LogP contribution is -2.43. The topological polar surface area (TPSA) is 115 Å². The predicted molar refractivity (Wildman–Crippen MR) is 129 cm³/mol. The van der Waals surface area contributed by atoms with E-state index in [2.05, 4.69) is 52.8 Å². The Balaban J connectivity index is 1.88. The van der Waals surface area contributed by atoms with Gasteiger partial charge < -0.3 is 15.3 Å². The number of aliphatic imine (C=N–C) groups is 2. The van der Waals surface area contributed by atoms with Gasteiger partial charge >= 0.3 is 0 Å². The van der Waals surface area contributed by atoms with Gasteiger partial charge in [-0.15, -0.1) is 0 Å². The van der Waals surface area contributed by atoms with Gasteiger partial charge in [0.15, 0.2) is 17.8 Å². The lowest BCUT2D eigenvalue weighted by molar-refractivity contribution is 0.332. The van der Waals surface area contributed by atoms with Crippen molar-refractivity contribution in [2.24, 2.45) is 15.8 Å². The quantitative estimate of drug-likeness (QED) is 0.306. The fourth-order valence-electron chi connectivity index (χ4n) is 3.04. The van der Waals surface area contributed by atoms with Crippen LogP contribution in [0.2, 0.25) is 0 Å². The maximum absolute atomic E-state index is 9.87. The summed E-state index contributed by atoms with van der Waals surface area (Å²) in [6.07, 6.45) is -0.639. The van der Waals surface area contributed by atoms with Gasteiger partial charge in [0.1, 0.15) is 17.2 Å². The van der Waals surface area contributed by atoms with Gasteiger partial charge in [-0.1, -0.05) is 6.07 Å². The van der Waals surface area contributed by atoms with Crippen molar-refractivity contribution in [1.82, 2.24) is 5.01 Å². The van der Waals surface area contributed by atoms with Crippen molar-refractivity contribution >= 4 is 59.5 Å². The highest BCUT2D eigenvalue weighted by atomic mass is 79.9. The van der Waals surface area contributed by atoms with E-state index in [9.17, 15) is 15.3 Å². The molecular weight excluding hydrogens is 596 g/mol. The first-order chi connectivity index (χ1) is 14.7. The Morgan fingerprint density at radius 3 is 1.84 bits per heavy atom. The summed E-state index contributed by atoms with van der Waals surface area (Å²) in [6, 6.07) is 15.0. The van der Waals surface area contributed by atoms with E-state index in [1.54, 1.807) is 54.6 Å². The molecule has 0 saturated heterocycles. The summed E-state index contributed by atoms with van der Waals surface area (Å²) >= 11 is 9.98. The summed E-state index contributed by atoms with van der Waals surface area (Å²) in [6.45, 7) is 0. The molecule has 7 nitrogen and oxygen atoms in total. The number of rotatable bonds is 3. The number of phenolic OH excluding ortho intramolecular Hbond substituents is 3. The van der Waals surface area contributed by atoms with Crippen LogP contribution < -0.4 is 5.84 Å². The molecular formula is C21H15Br3N4O3. The van der Waals surface area contributed by atoms with Gasteiger partial charge in [-0.2, -0.15) is 0 Å². The standard InChI is InChI=1S/C21H15Br3N4O3/c22-13-7-10(1-4-16(13)29)19-26-20(11-2-5-17(30)14(23)8-11)28(25)21(27-19)12-3-6-18(31)15(24)9-12/h1-9,20,29-31H,25H2. The zero-order valence-corrected chi connectivity index (χ0v) is 20.4. The minimum absolute atomic E-state index is 0.0964. The highest BCUT2D eigenvalue weighted by molar-refractivity contribution is 9.11. The number of halogens is 3. The number of amidine groups is 2. The zero-order valence-electron chi connectivity index (χ0n) is 15.7. The van der Waals surface area contributed by atoms with E-state index in [0.717, 1.165) is 5.56 Å². The van der Waals surface area contributed by atoms with Crippen molar-refractivity contribution in [1.29, 1.82) is 0 Å². The Bertz CT molecular complexity index is 1250. The second-order valence-corrected chi connectivity index (χ2v) is 9.28. The fraction of sp³-hybridized carbons (Fsp3) is 0.0476. The number of hydrogen-bond acceptors (Lipinski definition) is 7. The van der Waals surface area contributed by atoms with Crippen LogP contribution in [0.4, 0.5) is 0 Å². The molecule has 1 unspecified atom stereocenters. The third-order valence-electron chi connectivity index (χ3n) is 4.65. The minimum Gasteiger partial charge on any atom is -0.507 e. The van der Waals surface area contributed by atoms with Crippen LogP contribution in [0.5, 0.6) is 17.2 Å². The van der Waals surface area contributed by atoms with E-state index in [1.807, 2.05) is 0 Å². The highest BCUT2D eigenvalue weighted by Crippen LogP contribution is 2.34. The summed E-state index contributed by atoms with van der Waals surface area (Å²) in [4.78, 5) is 9.39. The normalized spacial score (nSPS) is 16.1. The number of hydrogen-bond donors (Lipinski definition) is 4. The molecule has 158 valence electrons. The molecule has 0 radical (unpaired) electrons. The summed E-state index contributed by atoms with van der Waals surface area (Å²) < 4.78 is 1.52. The van der Waals surface area contributed by atoms with Crippen LogP contribution in [0.15, 0.2) is 78.0 Å². The van der Waals surface area contributed by atoms with Gasteiger partial charge in [-0.25, -0.2) is 15.8 Å². The van der Waals surface area contributed by atoms with Crippen LogP contribution in [-0.4, -0.2) is 32.0 Å². The molecule has 4 rings (SSSR count). The molecule has 1 aliphatic heterocycles. The van der Waals surface area contributed by atoms with Crippen molar-refractivity contribution < 1.29 is 15.3 Å². The molecule has 3 aromatic carbocycles. The molecule has 0 spiro atoms. The summed E-state index contributed by atoms with van der Waals surface area (Å²) in [5.74, 6) is 7.60. The van der Waals surface area contributed by atoms with E-state index < -0.39 is 6.17 Å². The van der Waals surface area contributed by atoms with Crippen molar-refractivity contribution in [2.75, 3.05) is 0 Å². The number of phenols is 3. The lowest BCUT2D eigenvalue weighted by atomic mass is 10.1. The van der Waals surface area contributed by atoms with Gasteiger partial charge in [0.2, 0.25) is 0 Å². The maximum Gasteiger partial charge on any atom is 0.164 e. The minimum atomic E-state index is -0.639. The molecule has 0 fully saturated rings. The van der Waals surface area contributed by atoms with Gasteiger partial charge in [-0.3, -0.25) is 5.01 Å². The van der Waals surface area contributed by atoms with Crippen LogP contribution in [0.25, 0.3) is 0 Å². The SMILES string of the molecule is NN1C(c2ccc(O)c(Br)c2)=NC(c2ccc(O)c(Br)c2)=NC1c1ccc(O)c(Br)c1. The van der Waals surface area contributed by atoms with Crippen LogP contribution in [0.3, 0.4) is 0 Å². The fourth-order valence-corrected chi connectivity index (χ4v) is 4.20. The predicted octanol–water partition coefficient (Wildman–Crippen LogP) is 5.17. The van der Waals surface area contributed by atoms with Gasteiger partial charge in [0.25, 0.3) is 0 Å². The van der Waals surface area contributed by atoms with Crippen LogP contribution in [0, 0.1) is 0 Å². The van der Waals surface area contributed by atoms with E-state index in [0.29, 0.717) is 36.2 Å². The lowest BCUT2D eigenvalue weighted by Gasteiger charge is -2.32. The summed E-state index contributed by atoms with van der Waals surface area (Å²) in [7, 11) is 0. The first-order valence-corrected chi connectivity index (χ1v) is 11.3. The van der Waals surface area contributed by atoms with Crippen molar-refractivity contribution in [3.05, 3.63) is 84.7 Å². The van der Waals surface area contributed by atoms with Crippen molar-refractivity contribution in [2.45, 2.75) is 6.17 Å². The Hall–Kier alpha value is -2.40. The molecule has 0 aromatic heterocycles. The molecule has 1 aliphatic rings. The molecule has 0 saturated carbocycles. The van der Waals surface area contributed by atoms with Gasteiger partial charge in [0, 0.05) is 11.1 Å². The van der Waals surface area contributed by atoms with E-state index in [-0.39, 0.29) is 17.2 Å². The first-order valence-electron chi connectivity index (χ1n) is 8.91. The number of benzene rings is 3. The molecule has 31 heavy (non-hydrogen) atoms. The third-order valence-corrected chi connectivity index (χ3v) is 6.55. The second-order valence-electron chi connectivity index (χ2n) is 6.71. The van der Waals surface area contributed by atoms with E-state index >= 15 is 0 Å². The number of nitrogens with two attached hydrogens (primary N) is 1. The smallest absolute Gasteiger partial charge is 0.164 e. The van der Waals surface area contributed by atoms with E-state index in [4.69, 9.17) is 10.8 Å². The molecule has 0 amide bonds. The molecule has 5 N–H and O–H groups in total. The Labute approximate surface area is 202 Å². The van der Waals surface area contributed by atoms with Crippen LogP contribution in [-0.2, 0) is 0 Å². The first kappa shape index (κ1) is 21.8. The van der Waals surface area contributed by atoms with E-state index in [1.165, 1.54) is 5.01 Å². The average molecular weight is 611 g/mol. The highest BCUT2D eigenvalue weighted by Gasteiger charge is 2.28. The van der Waals surface area contributed by atoms with Crippen LogP contribution in [0.1, 0.15) is 22.9 Å². The van der Waals surface area contributed by atoms with Gasteiger partial charge in [-0.05, 0) is 102 Å². The number of nitrogens with zero attached hydrogens (tertiary/aromatic N) is 3. The molecule has 1 heterocycles. The monoisotopic (exact) mass is 608 g/mol. The Morgan fingerprint density at radius 1 is 0.742 bits per heavy atom. The maximum atomic E-state index is 9.87. The van der Waals surface area contributed by atoms with Crippen LogP contribution >= 0.6 is 47.8 Å². The Kier molecular flexibility index (Phi) is 6.07. The molecule has 10 heteroatoms. The average Bonchev–Trinajstić information content (AvgIpc) is 2.74. The largest absolute Gasteiger partial charge is 0.507 e. The molecule has 3 aromatic rings. The van der Waals surface area contributed by atoms with Crippen molar-refractivity contribution in [3.8, 4) is 17.2 Å². The summed E-state index contributed by atoms with van der Waals surface area (Å²) in [5, 5.41) is 31.0. The molecule has 1 atom stereocenters. The third kappa shape index (κ3) is 4.33. The molecule has 0 bridgehead atoms. The number of hydrazine groups is 1. The number of aromatic hydroxyl groups is 3. The molecule has 0 aliphatic carbocycles. The second kappa shape index (κ2) is 8.62. The Morgan fingerprint density at radius 2 is 1.26 bits per heavy atom. The van der Waals surface area contributed by atoms with Gasteiger partial charge in [0.05, 0.1) is 13.4 Å².